The first-order valence-corrected chi connectivity index (χ1v) is 9.02. The van der Waals surface area contributed by atoms with Gasteiger partial charge in [-0.2, -0.15) is 0 Å². The van der Waals surface area contributed by atoms with Crippen molar-refractivity contribution in [2.75, 3.05) is 0 Å². The molecule has 0 aliphatic rings. The highest BCUT2D eigenvalue weighted by molar-refractivity contribution is 7.99. The van der Waals surface area contributed by atoms with Crippen LogP contribution >= 0.6 is 11.8 Å². The van der Waals surface area contributed by atoms with Gasteiger partial charge < -0.3 is 4.57 Å². The van der Waals surface area contributed by atoms with Crippen molar-refractivity contribution in [3.05, 3.63) is 89.0 Å². The minimum absolute atomic E-state index is 0.107. The molecule has 0 fully saturated rings. The Morgan fingerprint density at radius 1 is 0.885 bits per heavy atom. The van der Waals surface area contributed by atoms with Crippen LogP contribution in [0.15, 0.2) is 88.7 Å². The van der Waals surface area contributed by atoms with E-state index in [2.05, 4.69) is 35.9 Å². The van der Waals surface area contributed by atoms with Crippen molar-refractivity contribution in [1.82, 2.24) is 4.57 Å². The van der Waals surface area contributed by atoms with E-state index in [1.807, 2.05) is 30.3 Å². The molecule has 0 unspecified atom stereocenters. The summed E-state index contributed by atoms with van der Waals surface area (Å²) in [6, 6.07) is 25.3. The van der Waals surface area contributed by atoms with Crippen LogP contribution in [0, 0.1) is 10.1 Å². The van der Waals surface area contributed by atoms with Crippen LogP contribution < -0.4 is 0 Å². The fourth-order valence-electron chi connectivity index (χ4n) is 3.14. The Hall–Kier alpha value is -3.05. The van der Waals surface area contributed by atoms with Crippen molar-refractivity contribution in [3.63, 3.8) is 0 Å². The van der Waals surface area contributed by atoms with Gasteiger partial charge in [0, 0.05) is 39.9 Å². The molecule has 5 heteroatoms. The van der Waals surface area contributed by atoms with Gasteiger partial charge in [-0.05, 0) is 23.8 Å². The van der Waals surface area contributed by atoms with Crippen LogP contribution in [0.3, 0.4) is 0 Å². The van der Waals surface area contributed by atoms with Crippen LogP contribution in [0.5, 0.6) is 0 Å². The molecule has 0 saturated carbocycles. The number of hydrogen-bond donors (Lipinski definition) is 0. The number of aryl methyl sites for hydroxylation is 1. The third kappa shape index (κ3) is 2.86. The van der Waals surface area contributed by atoms with Crippen molar-refractivity contribution >= 4 is 28.4 Å². The standard InChI is InChI=1S/C21H16N2O2S/c1-22-19-10-6-5-9-18(19)21(20(22)15-7-3-2-4-8-15)26-17-13-11-16(12-14-17)23(24)25/h2-14H,1H3. The number of para-hydroxylation sites is 1. The summed E-state index contributed by atoms with van der Waals surface area (Å²) in [7, 11) is 2.07. The monoisotopic (exact) mass is 360 g/mol. The second-order valence-electron chi connectivity index (χ2n) is 5.97. The average molecular weight is 360 g/mol. The maximum absolute atomic E-state index is 10.9. The van der Waals surface area contributed by atoms with Crippen molar-refractivity contribution < 1.29 is 4.92 Å². The second-order valence-corrected chi connectivity index (χ2v) is 7.06. The topological polar surface area (TPSA) is 48.1 Å². The Labute approximate surface area is 155 Å². The summed E-state index contributed by atoms with van der Waals surface area (Å²) >= 11 is 1.64. The highest BCUT2D eigenvalue weighted by Crippen LogP contribution is 2.42. The van der Waals surface area contributed by atoms with E-state index in [9.17, 15) is 10.1 Å². The zero-order valence-electron chi connectivity index (χ0n) is 14.1. The first-order chi connectivity index (χ1) is 12.6. The molecule has 4 aromatic rings. The fourth-order valence-corrected chi connectivity index (χ4v) is 4.28. The molecular formula is C21H16N2O2S. The average Bonchev–Trinajstić information content (AvgIpc) is 2.95. The van der Waals surface area contributed by atoms with E-state index in [4.69, 9.17) is 0 Å². The summed E-state index contributed by atoms with van der Waals surface area (Å²) in [5.41, 5.74) is 3.57. The largest absolute Gasteiger partial charge is 0.343 e. The van der Waals surface area contributed by atoms with E-state index in [-0.39, 0.29) is 10.6 Å². The first kappa shape index (κ1) is 16.4. The van der Waals surface area contributed by atoms with Gasteiger partial charge in [0.05, 0.1) is 10.6 Å². The van der Waals surface area contributed by atoms with Crippen LogP contribution in [0.1, 0.15) is 0 Å². The quantitative estimate of drug-likeness (QED) is 0.336. The second kappa shape index (κ2) is 6.69. The highest BCUT2D eigenvalue weighted by Gasteiger charge is 2.17. The van der Waals surface area contributed by atoms with Gasteiger partial charge in [0.1, 0.15) is 0 Å². The molecule has 1 aromatic heterocycles. The van der Waals surface area contributed by atoms with Crippen LogP contribution in [-0.2, 0) is 7.05 Å². The number of rotatable bonds is 4. The van der Waals surface area contributed by atoms with Crippen LogP contribution in [0.2, 0.25) is 0 Å². The summed E-state index contributed by atoms with van der Waals surface area (Å²) in [5, 5.41) is 12.1. The minimum atomic E-state index is -0.373. The SMILES string of the molecule is Cn1c(-c2ccccc2)c(Sc2ccc([N+](=O)[O-])cc2)c2ccccc21. The van der Waals surface area contributed by atoms with Gasteiger partial charge in [0.25, 0.3) is 5.69 Å². The molecule has 0 N–H and O–H groups in total. The molecule has 0 aliphatic heterocycles. The molecule has 0 aliphatic carbocycles. The summed E-state index contributed by atoms with van der Waals surface area (Å²) in [6.45, 7) is 0. The molecule has 4 rings (SSSR count). The lowest BCUT2D eigenvalue weighted by Gasteiger charge is -2.08. The number of non-ortho nitro benzene ring substituents is 1. The van der Waals surface area contributed by atoms with Gasteiger partial charge in [-0.25, -0.2) is 0 Å². The molecule has 26 heavy (non-hydrogen) atoms. The number of hydrogen-bond acceptors (Lipinski definition) is 3. The lowest BCUT2D eigenvalue weighted by Crippen LogP contribution is -1.92. The molecule has 0 atom stereocenters. The van der Waals surface area contributed by atoms with Gasteiger partial charge in [-0.1, -0.05) is 60.3 Å². The molecule has 0 radical (unpaired) electrons. The van der Waals surface area contributed by atoms with Crippen molar-refractivity contribution in [2.45, 2.75) is 9.79 Å². The summed E-state index contributed by atoms with van der Waals surface area (Å²) in [6.07, 6.45) is 0. The molecule has 0 saturated heterocycles. The summed E-state index contributed by atoms with van der Waals surface area (Å²) in [4.78, 5) is 12.6. The lowest BCUT2D eigenvalue weighted by molar-refractivity contribution is -0.384. The van der Waals surface area contributed by atoms with Gasteiger partial charge in [-0.3, -0.25) is 10.1 Å². The van der Waals surface area contributed by atoms with E-state index in [1.54, 1.807) is 36.0 Å². The maximum Gasteiger partial charge on any atom is 0.269 e. The Morgan fingerprint density at radius 2 is 1.54 bits per heavy atom. The van der Waals surface area contributed by atoms with E-state index in [1.165, 1.54) is 5.39 Å². The number of aromatic nitrogens is 1. The fraction of sp³-hybridized carbons (Fsp3) is 0.0476. The maximum atomic E-state index is 10.9. The van der Waals surface area contributed by atoms with E-state index < -0.39 is 0 Å². The predicted molar refractivity (Wildman–Crippen MR) is 106 cm³/mol. The van der Waals surface area contributed by atoms with Gasteiger partial charge in [0.2, 0.25) is 0 Å². The van der Waals surface area contributed by atoms with Gasteiger partial charge >= 0.3 is 0 Å². The van der Waals surface area contributed by atoms with Crippen molar-refractivity contribution in [2.24, 2.45) is 7.05 Å². The van der Waals surface area contributed by atoms with Gasteiger partial charge in [-0.15, -0.1) is 0 Å². The molecule has 4 nitrogen and oxygen atoms in total. The summed E-state index contributed by atoms with van der Waals surface area (Å²) in [5.74, 6) is 0. The normalized spacial score (nSPS) is 11.0. The van der Waals surface area contributed by atoms with Crippen LogP contribution in [0.4, 0.5) is 5.69 Å². The van der Waals surface area contributed by atoms with Gasteiger partial charge in [0.15, 0.2) is 0 Å². The molecule has 3 aromatic carbocycles. The molecule has 0 bridgehead atoms. The number of fused-ring (bicyclic) bond motifs is 1. The molecule has 1 heterocycles. The highest BCUT2D eigenvalue weighted by atomic mass is 32.2. The minimum Gasteiger partial charge on any atom is -0.343 e. The predicted octanol–water partition coefficient (Wildman–Crippen LogP) is 5.90. The number of nitrogens with zero attached hydrogens (tertiary/aromatic N) is 2. The molecule has 128 valence electrons. The Kier molecular flexibility index (Phi) is 4.22. The third-order valence-electron chi connectivity index (χ3n) is 4.38. The third-order valence-corrected chi connectivity index (χ3v) is 5.50. The lowest BCUT2D eigenvalue weighted by atomic mass is 10.1. The number of nitro groups is 1. The molecular weight excluding hydrogens is 344 g/mol. The van der Waals surface area contributed by atoms with E-state index >= 15 is 0 Å². The van der Waals surface area contributed by atoms with Crippen molar-refractivity contribution in [1.29, 1.82) is 0 Å². The zero-order chi connectivity index (χ0) is 18.1. The number of nitro benzene ring substituents is 1. The zero-order valence-corrected chi connectivity index (χ0v) is 14.9. The Bertz CT molecular complexity index is 1090. The Morgan fingerprint density at radius 3 is 2.23 bits per heavy atom. The summed E-state index contributed by atoms with van der Waals surface area (Å²) < 4.78 is 2.21. The van der Waals surface area contributed by atoms with Crippen LogP contribution in [0.25, 0.3) is 22.2 Å². The van der Waals surface area contributed by atoms with E-state index in [0.717, 1.165) is 26.6 Å². The van der Waals surface area contributed by atoms with Crippen LogP contribution in [-0.4, -0.2) is 9.49 Å². The smallest absolute Gasteiger partial charge is 0.269 e. The number of benzene rings is 3. The molecule has 0 amide bonds. The molecule has 0 spiro atoms. The van der Waals surface area contributed by atoms with E-state index in [0.29, 0.717) is 0 Å². The Balaban J connectivity index is 1.87. The first-order valence-electron chi connectivity index (χ1n) is 8.20. The van der Waals surface area contributed by atoms with Crippen molar-refractivity contribution in [3.8, 4) is 11.3 Å².